The summed E-state index contributed by atoms with van der Waals surface area (Å²) in [6.45, 7) is 6.43. The van der Waals surface area contributed by atoms with Crippen LogP contribution in [0.4, 0.5) is 0 Å². The smallest absolute Gasteiger partial charge is 0.284 e. The number of nitrogens with one attached hydrogen (secondary N) is 1. The van der Waals surface area contributed by atoms with E-state index in [1.54, 1.807) is 12.1 Å². The Kier molecular flexibility index (Phi) is 5.44. The minimum Gasteiger partial charge on any atom is -0.504 e. The minimum absolute atomic E-state index is 0.0322. The van der Waals surface area contributed by atoms with Crippen LogP contribution in [0.3, 0.4) is 0 Å². The second-order valence-corrected chi connectivity index (χ2v) is 7.49. The summed E-state index contributed by atoms with van der Waals surface area (Å²) >= 11 is 0. The Hall–Kier alpha value is -3.22. The molecular weight excluding hydrogens is 360 g/mol. The molecule has 1 unspecified atom stereocenters. The summed E-state index contributed by atoms with van der Waals surface area (Å²) < 4.78 is 16.5. The molecule has 0 saturated carbocycles. The van der Waals surface area contributed by atoms with Crippen molar-refractivity contribution in [2.75, 3.05) is 13.7 Å². The summed E-state index contributed by atoms with van der Waals surface area (Å²) in [6, 6.07) is 10.5. The van der Waals surface area contributed by atoms with E-state index in [0.29, 0.717) is 22.8 Å². The van der Waals surface area contributed by atoms with E-state index >= 15 is 0 Å². The number of amides is 1. The summed E-state index contributed by atoms with van der Waals surface area (Å²) in [7, 11) is 1.46. The van der Waals surface area contributed by atoms with Crippen molar-refractivity contribution in [3.05, 3.63) is 47.5 Å². The highest BCUT2D eigenvalue weighted by molar-refractivity contribution is 5.85. The molecule has 0 bridgehead atoms. The molecule has 28 heavy (non-hydrogen) atoms. The first kappa shape index (κ1) is 19.5. The van der Waals surface area contributed by atoms with Gasteiger partial charge in [-0.1, -0.05) is 26.8 Å². The Bertz CT molecular complexity index is 902. The highest BCUT2D eigenvalue weighted by Gasteiger charge is 2.28. The number of ether oxygens (including phenoxy) is 3. The van der Waals surface area contributed by atoms with Crippen molar-refractivity contribution in [2.45, 2.75) is 32.3 Å². The molecule has 0 spiro atoms. The van der Waals surface area contributed by atoms with Crippen LogP contribution in [0.2, 0.25) is 0 Å². The van der Waals surface area contributed by atoms with E-state index in [-0.39, 0.29) is 17.8 Å². The first-order chi connectivity index (χ1) is 13.3. The number of carbonyl (C=O) groups is 1. The van der Waals surface area contributed by atoms with Crippen LogP contribution in [0.5, 0.6) is 23.0 Å². The maximum absolute atomic E-state index is 12.4. The van der Waals surface area contributed by atoms with Gasteiger partial charge in [-0.25, -0.2) is 5.43 Å². The zero-order chi connectivity index (χ0) is 20.3. The van der Waals surface area contributed by atoms with Crippen molar-refractivity contribution in [2.24, 2.45) is 5.10 Å². The average Bonchev–Trinajstić information content (AvgIpc) is 2.67. The summed E-state index contributed by atoms with van der Waals surface area (Å²) in [5.41, 5.74) is 4.17. The highest BCUT2D eigenvalue weighted by atomic mass is 16.6. The third-order valence-electron chi connectivity index (χ3n) is 4.35. The van der Waals surface area contributed by atoms with Crippen molar-refractivity contribution in [3.63, 3.8) is 0 Å². The number of nitrogens with zero attached hydrogens (tertiary/aromatic N) is 1. The van der Waals surface area contributed by atoms with Gasteiger partial charge in [0, 0.05) is 0 Å². The number of phenols is 1. The summed E-state index contributed by atoms with van der Waals surface area (Å²) in [6.07, 6.45) is 0.657. The summed E-state index contributed by atoms with van der Waals surface area (Å²) in [4.78, 5) is 12.4. The zero-order valence-corrected chi connectivity index (χ0v) is 16.4. The van der Waals surface area contributed by atoms with Crippen molar-refractivity contribution >= 4 is 12.1 Å². The van der Waals surface area contributed by atoms with E-state index in [2.05, 4.69) is 31.3 Å². The summed E-state index contributed by atoms with van der Waals surface area (Å²) in [5, 5.41) is 13.5. The molecule has 1 aliphatic heterocycles. The molecule has 7 heteroatoms. The number of carbonyl (C=O) groups excluding carboxylic acids is 1. The molecule has 0 aromatic heterocycles. The van der Waals surface area contributed by atoms with Crippen LogP contribution in [0.1, 0.15) is 31.9 Å². The molecule has 2 aromatic carbocycles. The Balaban J connectivity index is 1.64. The number of rotatable bonds is 4. The predicted molar refractivity (Wildman–Crippen MR) is 105 cm³/mol. The molecule has 1 amide bonds. The van der Waals surface area contributed by atoms with Crippen molar-refractivity contribution < 1.29 is 24.1 Å². The number of hydrogen-bond acceptors (Lipinski definition) is 6. The molecule has 1 atom stereocenters. The van der Waals surface area contributed by atoms with Crippen LogP contribution >= 0.6 is 0 Å². The molecule has 1 aliphatic rings. The van der Waals surface area contributed by atoms with Crippen LogP contribution in [0.15, 0.2) is 41.5 Å². The van der Waals surface area contributed by atoms with Gasteiger partial charge in [-0.15, -0.1) is 0 Å². The lowest BCUT2D eigenvalue weighted by molar-refractivity contribution is -0.130. The number of benzene rings is 2. The Morgan fingerprint density at radius 3 is 2.75 bits per heavy atom. The SMILES string of the molecule is COc1cc(/C=N\NC(=O)C2COc3ccc(C(C)(C)C)cc3O2)ccc1O. The van der Waals surface area contributed by atoms with Crippen molar-refractivity contribution in [1.82, 2.24) is 5.43 Å². The number of phenolic OH excluding ortho intramolecular Hbond substituents is 1. The van der Waals surface area contributed by atoms with Crippen molar-refractivity contribution in [1.29, 1.82) is 0 Å². The van der Waals surface area contributed by atoms with E-state index in [0.717, 1.165) is 5.56 Å². The fourth-order valence-corrected chi connectivity index (χ4v) is 2.68. The lowest BCUT2D eigenvalue weighted by Crippen LogP contribution is -2.42. The predicted octanol–water partition coefficient (Wildman–Crippen LogP) is 2.99. The quantitative estimate of drug-likeness (QED) is 0.625. The molecular formula is C21H24N2O5. The van der Waals surface area contributed by atoms with Gasteiger partial charge >= 0.3 is 0 Å². The Morgan fingerprint density at radius 2 is 2.04 bits per heavy atom. The molecule has 0 aliphatic carbocycles. The zero-order valence-electron chi connectivity index (χ0n) is 16.4. The molecule has 0 radical (unpaired) electrons. The van der Waals surface area contributed by atoms with Crippen LogP contribution < -0.4 is 19.6 Å². The average molecular weight is 384 g/mol. The van der Waals surface area contributed by atoms with Gasteiger partial charge in [0.1, 0.15) is 6.61 Å². The molecule has 0 saturated heterocycles. The van der Waals surface area contributed by atoms with Crippen LogP contribution in [-0.2, 0) is 10.2 Å². The molecule has 0 fully saturated rings. The van der Waals surface area contributed by atoms with Crippen LogP contribution in [0.25, 0.3) is 0 Å². The van der Waals surface area contributed by atoms with Gasteiger partial charge in [0.25, 0.3) is 5.91 Å². The maximum Gasteiger partial charge on any atom is 0.284 e. The van der Waals surface area contributed by atoms with Crippen LogP contribution in [0, 0.1) is 0 Å². The maximum atomic E-state index is 12.4. The van der Waals surface area contributed by atoms with Gasteiger partial charge in [0.15, 0.2) is 23.0 Å². The monoisotopic (exact) mass is 384 g/mol. The minimum atomic E-state index is -0.797. The Labute approximate surface area is 163 Å². The second kappa shape index (κ2) is 7.80. The van der Waals surface area contributed by atoms with Gasteiger partial charge in [-0.05, 0) is 46.9 Å². The van der Waals surface area contributed by atoms with E-state index in [1.165, 1.54) is 19.4 Å². The first-order valence-electron chi connectivity index (χ1n) is 8.92. The van der Waals surface area contributed by atoms with Crippen molar-refractivity contribution in [3.8, 4) is 23.0 Å². The standard InChI is InChI=1S/C21H24N2O5/c1-21(2,3)14-6-8-16-18(10-14)28-19(12-27-16)20(25)23-22-11-13-5-7-15(24)17(9-13)26-4/h5-11,19,24H,12H2,1-4H3,(H,23,25)/b22-11-. The summed E-state index contributed by atoms with van der Waals surface area (Å²) in [5.74, 6) is 1.12. The lowest BCUT2D eigenvalue weighted by Gasteiger charge is -2.27. The molecule has 2 aromatic rings. The third-order valence-corrected chi connectivity index (χ3v) is 4.35. The molecule has 2 N–H and O–H groups in total. The number of fused-ring (bicyclic) bond motifs is 1. The van der Waals surface area contributed by atoms with Gasteiger partial charge in [0.05, 0.1) is 13.3 Å². The van der Waals surface area contributed by atoms with Crippen LogP contribution in [-0.4, -0.2) is 37.0 Å². The fraction of sp³-hybridized carbons (Fsp3) is 0.333. The third kappa shape index (κ3) is 4.36. The topological polar surface area (TPSA) is 89.4 Å². The van der Waals surface area contributed by atoms with Gasteiger partial charge < -0.3 is 19.3 Å². The second-order valence-electron chi connectivity index (χ2n) is 7.49. The molecule has 3 rings (SSSR count). The van der Waals surface area contributed by atoms with Gasteiger partial charge in [0.2, 0.25) is 6.10 Å². The highest BCUT2D eigenvalue weighted by Crippen LogP contribution is 2.36. The molecule has 1 heterocycles. The van der Waals surface area contributed by atoms with E-state index in [1.807, 2.05) is 18.2 Å². The number of methoxy groups -OCH3 is 1. The number of aromatic hydroxyl groups is 1. The fourth-order valence-electron chi connectivity index (χ4n) is 2.68. The van der Waals surface area contributed by atoms with E-state index in [9.17, 15) is 9.90 Å². The number of hydrazone groups is 1. The normalized spacial score (nSPS) is 16.1. The van der Waals surface area contributed by atoms with E-state index < -0.39 is 12.0 Å². The molecule has 7 nitrogen and oxygen atoms in total. The number of hydrogen-bond donors (Lipinski definition) is 2. The van der Waals surface area contributed by atoms with E-state index in [4.69, 9.17) is 14.2 Å². The van der Waals surface area contributed by atoms with Gasteiger partial charge in [-0.2, -0.15) is 5.10 Å². The first-order valence-corrected chi connectivity index (χ1v) is 8.92. The molecule has 148 valence electrons. The van der Waals surface area contributed by atoms with Gasteiger partial charge in [-0.3, -0.25) is 4.79 Å². The lowest BCUT2D eigenvalue weighted by atomic mass is 9.87. The largest absolute Gasteiger partial charge is 0.504 e. The Morgan fingerprint density at radius 1 is 1.25 bits per heavy atom.